The van der Waals surface area contributed by atoms with Crippen molar-refractivity contribution >= 4 is 0 Å². The second-order valence-electron chi connectivity index (χ2n) is 5.38. The highest BCUT2D eigenvalue weighted by Crippen LogP contribution is 2.47. The van der Waals surface area contributed by atoms with Crippen LogP contribution in [-0.4, -0.2) is 12.2 Å². The van der Waals surface area contributed by atoms with E-state index in [-0.39, 0.29) is 0 Å². The Hall–Kier alpha value is -1.02. The molecule has 2 atom stereocenters. The number of benzene rings is 1. The van der Waals surface area contributed by atoms with Gasteiger partial charge >= 0.3 is 0 Å². The fourth-order valence-electron chi connectivity index (χ4n) is 3.18. The molecule has 1 aliphatic rings. The average molecular weight is 234 g/mol. The van der Waals surface area contributed by atoms with Crippen molar-refractivity contribution in [2.75, 3.05) is 7.11 Å². The van der Waals surface area contributed by atoms with Crippen molar-refractivity contribution in [3.63, 3.8) is 0 Å². The van der Waals surface area contributed by atoms with Gasteiger partial charge < -0.3 is 9.84 Å². The molecule has 2 rings (SSSR count). The van der Waals surface area contributed by atoms with Gasteiger partial charge in [0, 0.05) is 5.56 Å². The molecule has 1 aliphatic carbocycles. The van der Waals surface area contributed by atoms with Gasteiger partial charge in [-0.3, -0.25) is 0 Å². The molecule has 0 bridgehead atoms. The van der Waals surface area contributed by atoms with Crippen LogP contribution >= 0.6 is 0 Å². The topological polar surface area (TPSA) is 29.5 Å². The standard InChI is InChI=1S/C15H22O2/c1-10-8-11(2)14(13(9-10)17-4)15(16)7-5-6-12(15)3/h8-9,12,16H,5-7H2,1-4H3. The molecular weight excluding hydrogens is 212 g/mol. The lowest BCUT2D eigenvalue weighted by atomic mass is 9.81. The fraction of sp³-hybridized carbons (Fsp3) is 0.600. The van der Waals surface area contributed by atoms with Crippen LogP contribution in [0.15, 0.2) is 12.1 Å². The summed E-state index contributed by atoms with van der Waals surface area (Å²) in [4.78, 5) is 0. The Bertz CT molecular complexity index is 425. The van der Waals surface area contributed by atoms with E-state index in [1.807, 2.05) is 6.07 Å². The first-order chi connectivity index (χ1) is 7.99. The highest BCUT2D eigenvalue weighted by atomic mass is 16.5. The van der Waals surface area contributed by atoms with E-state index < -0.39 is 5.60 Å². The van der Waals surface area contributed by atoms with Gasteiger partial charge in [-0.15, -0.1) is 0 Å². The highest BCUT2D eigenvalue weighted by molar-refractivity contribution is 5.47. The first kappa shape index (κ1) is 12.4. The van der Waals surface area contributed by atoms with E-state index in [0.29, 0.717) is 5.92 Å². The molecular formula is C15H22O2. The van der Waals surface area contributed by atoms with Gasteiger partial charge in [0.2, 0.25) is 0 Å². The molecule has 0 amide bonds. The molecule has 1 saturated carbocycles. The van der Waals surface area contributed by atoms with Gasteiger partial charge in [-0.25, -0.2) is 0 Å². The second kappa shape index (κ2) is 4.34. The number of rotatable bonds is 2. The Morgan fingerprint density at radius 2 is 2.06 bits per heavy atom. The molecule has 2 nitrogen and oxygen atoms in total. The summed E-state index contributed by atoms with van der Waals surface area (Å²) < 4.78 is 5.47. The summed E-state index contributed by atoms with van der Waals surface area (Å²) >= 11 is 0. The molecule has 1 fully saturated rings. The van der Waals surface area contributed by atoms with Crippen molar-refractivity contribution in [2.24, 2.45) is 5.92 Å². The third kappa shape index (κ3) is 1.95. The van der Waals surface area contributed by atoms with Crippen LogP contribution in [0.25, 0.3) is 0 Å². The first-order valence-corrected chi connectivity index (χ1v) is 6.37. The van der Waals surface area contributed by atoms with Crippen molar-refractivity contribution in [2.45, 2.75) is 45.6 Å². The number of aryl methyl sites for hydroxylation is 2. The molecule has 0 spiro atoms. The molecule has 0 aliphatic heterocycles. The molecule has 17 heavy (non-hydrogen) atoms. The maximum Gasteiger partial charge on any atom is 0.125 e. The monoisotopic (exact) mass is 234 g/mol. The van der Waals surface area contributed by atoms with E-state index in [1.54, 1.807) is 7.11 Å². The number of methoxy groups -OCH3 is 1. The van der Waals surface area contributed by atoms with Crippen molar-refractivity contribution in [3.8, 4) is 5.75 Å². The van der Waals surface area contributed by atoms with E-state index in [0.717, 1.165) is 36.1 Å². The molecule has 94 valence electrons. The predicted molar refractivity (Wildman–Crippen MR) is 69.4 cm³/mol. The van der Waals surface area contributed by atoms with Crippen molar-refractivity contribution in [1.82, 2.24) is 0 Å². The van der Waals surface area contributed by atoms with Gasteiger partial charge in [0.15, 0.2) is 0 Å². The number of hydrogen-bond acceptors (Lipinski definition) is 2. The molecule has 0 radical (unpaired) electrons. The maximum atomic E-state index is 10.9. The highest BCUT2D eigenvalue weighted by Gasteiger charge is 2.42. The predicted octanol–water partition coefficient (Wildman–Crippen LogP) is 3.32. The van der Waals surface area contributed by atoms with Crippen molar-refractivity contribution in [3.05, 3.63) is 28.8 Å². The lowest BCUT2D eigenvalue weighted by Gasteiger charge is -2.31. The number of hydrogen-bond donors (Lipinski definition) is 1. The minimum atomic E-state index is -0.705. The largest absolute Gasteiger partial charge is 0.496 e. The van der Waals surface area contributed by atoms with Crippen LogP contribution in [-0.2, 0) is 5.60 Å². The Morgan fingerprint density at radius 3 is 2.59 bits per heavy atom. The zero-order chi connectivity index (χ0) is 12.6. The van der Waals surface area contributed by atoms with Crippen LogP contribution < -0.4 is 4.74 Å². The zero-order valence-electron chi connectivity index (χ0n) is 11.2. The summed E-state index contributed by atoms with van der Waals surface area (Å²) in [5, 5.41) is 10.9. The normalized spacial score (nSPS) is 28.4. The van der Waals surface area contributed by atoms with Crippen LogP contribution in [0.2, 0.25) is 0 Å². The van der Waals surface area contributed by atoms with E-state index >= 15 is 0 Å². The molecule has 1 N–H and O–H groups in total. The van der Waals surface area contributed by atoms with Crippen molar-refractivity contribution in [1.29, 1.82) is 0 Å². The number of ether oxygens (including phenoxy) is 1. The molecule has 0 saturated heterocycles. The van der Waals surface area contributed by atoms with Gasteiger partial charge in [0.1, 0.15) is 5.75 Å². The van der Waals surface area contributed by atoms with Gasteiger partial charge in [-0.05, 0) is 56.2 Å². The van der Waals surface area contributed by atoms with Crippen LogP contribution in [0.1, 0.15) is 42.9 Å². The second-order valence-corrected chi connectivity index (χ2v) is 5.38. The minimum Gasteiger partial charge on any atom is -0.496 e. The van der Waals surface area contributed by atoms with Crippen LogP contribution in [0.3, 0.4) is 0 Å². The lowest BCUT2D eigenvalue weighted by molar-refractivity contribution is 0.00181. The fourth-order valence-corrected chi connectivity index (χ4v) is 3.18. The van der Waals surface area contributed by atoms with Gasteiger partial charge in [0.25, 0.3) is 0 Å². The lowest BCUT2D eigenvalue weighted by Crippen LogP contribution is -2.30. The Morgan fingerprint density at radius 1 is 1.35 bits per heavy atom. The van der Waals surface area contributed by atoms with E-state index in [1.165, 1.54) is 5.56 Å². The van der Waals surface area contributed by atoms with Gasteiger partial charge in [-0.1, -0.05) is 13.0 Å². The van der Waals surface area contributed by atoms with Crippen molar-refractivity contribution < 1.29 is 9.84 Å². The minimum absolute atomic E-state index is 0.304. The molecule has 0 heterocycles. The Kier molecular flexibility index (Phi) is 3.17. The third-order valence-electron chi connectivity index (χ3n) is 4.11. The molecule has 2 unspecified atom stereocenters. The summed E-state index contributed by atoms with van der Waals surface area (Å²) in [6, 6.07) is 4.15. The summed E-state index contributed by atoms with van der Waals surface area (Å²) in [6.45, 7) is 6.25. The summed E-state index contributed by atoms with van der Waals surface area (Å²) in [6.07, 6.45) is 3.02. The zero-order valence-corrected chi connectivity index (χ0v) is 11.2. The summed E-state index contributed by atoms with van der Waals surface area (Å²) in [5.74, 6) is 1.14. The summed E-state index contributed by atoms with van der Waals surface area (Å²) in [7, 11) is 1.68. The third-order valence-corrected chi connectivity index (χ3v) is 4.11. The van der Waals surface area contributed by atoms with E-state index in [4.69, 9.17) is 4.74 Å². The quantitative estimate of drug-likeness (QED) is 0.850. The smallest absolute Gasteiger partial charge is 0.125 e. The molecule has 1 aromatic carbocycles. The SMILES string of the molecule is COc1cc(C)cc(C)c1C1(O)CCCC1C. The van der Waals surface area contributed by atoms with Gasteiger partial charge in [0.05, 0.1) is 12.7 Å². The van der Waals surface area contributed by atoms with E-state index in [9.17, 15) is 5.11 Å². The van der Waals surface area contributed by atoms with Crippen LogP contribution in [0, 0.1) is 19.8 Å². The molecule has 1 aromatic rings. The Labute approximate surface area is 104 Å². The average Bonchev–Trinajstić information content (AvgIpc) is 2.58. The van der Waals surface area contributed by atoms with Crippen LogP contribution in [0.5, 0.6) is 5.75 Å². The molecule has 0 aromatic heterocycles. The number of aliphatic hydroxyl groups is 1. The maximum absolute atomic E-state index is 10.9. The Balaban J connectivity index is 2.58. The molecule has 2 heteroatoms. The van der Waals surface area contributed by atoms with Crippen LogP contribution in [0.4, 0.5) is 0 Å². The first-order valence-electron chi connectivity index (χ1n) is 6.37. The van der Waals surface area contributed by atoms with Gasteiger partial charge in [-0.2, -0.15) is 0 Å². The summed E-state index contributed by atoms with van der Waals surface area (Å²) in [5.41, 5.74) is 2.61. The van der Waals surface area contributed by atoms with E-state index in [2.05, 4.69) is 26.8 Å².